The van der Waals surface area contributed by atoms with Crippen LogP contribution in [0.2, 0.25) is 0 Å². The molecule has 0 radical (unpaired) electrons. The number of aromatic nitrogens is 1. The van der Waals surface area contributed by atoms with Crippen LogP contribution in [0.1, 0.15) is 13.3 Å². The number of hydrogen-bond donors (Lipinski definition) is 0. The van der Waals surface area contributed by atoms with Crippen LogP contribution in [0.15, 0.2) is 12.1 Å². The fraction of sp³-hybridized carbons (Fsp3) is 0.500. The van der Waals surface area contributed by atoms with Crippen molar-refractivity contribution in [3.63, 3.8) is 0 Å². The fourth-order valence-electron chi connectivity index (χ4n) is 1.66. The second kappa shape index (κ2) is 7.27. The first kappa shape index (κ1) is 15.7. The van der Waals surface area contributed by atoms with Crippen molar-refractivity contribution in [2.75, 3.05) is 32.2 Å². The highest BCUT2D eigenvalue weighted by Gasteiger charge is 2.23. The number of ether oxygens (including phenoxy) is 2. The molecule has 0 aromatic carbocycles. The minimum atomic E-state index is -0.540. The number of rotatable bonds is 7. The average molecular weight is 283 g/mol. The van der Waals surface area contributed by atoms with E-state index in [1.165, 1.54) is 31.3 Å². The molecule has 0 unspecified atom stereocenters. The van der Waals surface area contributed by atoms with Crippen molar-refractivity contribution in [1.82, 2.24) is 4.98 Å². The molecule has 1 aromatic rings. The van der Waals surface area contributed by atoms with E-state index < -0.39 is 10.9 Å². The predicted octanol–water partition coefficient (Wildman–Crippen LogP) is 1.39. The minimum absolute atomic E-state index is 0.0987. The first-order valence-electron chi connectivity index (χ1n) is 6.04. The van der Waals surface area contributed by atoms with Crippen molar-refractivity contribution in [3.05, 3.63) is 22.2 Å². The second-order valence-corrected chi connectivity index (χ2v) is 3.95. The highest BCUT2D eigenvalue weighted by Crippen LogP contribution is 2.28. The molecule has 0 aliphatic heterocycles. The zero-order chi connectivity index (χ0) is 15.1. The van der Waals surface area contributed by atoms with E-state index in [0.717, 1.165) is 0 Å². The summed E-state index contributed by atoms with van der Waals surface area (Å²) < 4.78 is 9.57. The van der Waals surface area contributed by atoms with Crippen molar-refractivity contribution in [1.29, 1.82) is 0 Å². The van der Waals surface area contributed by atoms with Crippen LogP contribution >= 0.6 is 0 Å². The Balaban J connectivity index is 3.21. The number of methoxy groups -OCH3 is 2. The number of anilines is 1. The Kier molecular flexibility index (Phi) is 5.70. The first-order chi connectivity index (χ1) is 9.53. The Labute approximate surface area is 116 Å². The summed E-state index contributed by atoms with van der Waals surface area (Å²) in [7, 11) is 2.68. The second-order valence-electron chi connectivity index (χ2n) is 3.95. The van der Waals surface area contributed by atoms with E-state index >= 15 is 0 Å². The maximum atomic E-state index is 11.4. The van der Waals surface area contributed by atoms with Gasteiger partial charge in [-0.3, -0.25) is 14.9 Å². The van der Waals surface area contributed by atoms with E-state index in [2.05, 4.69) is 9.72 Å². The standard InChI is InChI=1S/C12H17N3O5/c1-4-7-14(8-11(16)20-3)12-9(15(17)18)5-6-10(13-12)19-2/h5-6H,4,7-8H2,1-3H3. The Morgan fingerprint density at radius 2 is 2.15 bits per heavy atom. The fourth-order valence-corrected chi connectivity index (χ4v) is 1.66. The van der Waals surface area contributed by atoms with Gasteiger partial charge in [-0.2, -0.15) is 4.98 Å². The van der Waals surface area contributed by atoms with Crippen molar-refractivity contribution < 1.29 is 19.2 Å². The smallest absolute Gasteiger partial charge is 0.325 e. The number of hydrogen-bond acceptors (Lipinski definition) is 7. The highest BCUT2D eigenvalue weighted by molar-refractivity contribution is 5.76. The monoisotopic (exact) mass is 283 g/mol. The Morgan fingerprint density at radius 1 is 1.45 bits per heavy atom. The lowest BCUT2D eigenvalue weighted by molar-refractivity contribution is -0.384. The first-order valence-corrected chi connectivity index (χ1v) is 6.04. The van der Waals surface area contributed by atoms with Crippen LogP contribution in [-0.4, -0.2) is 43.2 Å². The number of esters is 1. The Hall–Kier alpha value is -2.38. The van der Waals surface area contributed by atoms with Crippen LogP contribution in [-0.2, 0) is 9.53 Å². The number of nitrogens with zero attached hydrogens (tertiary/aromatic N) is 3. The molecular formula is C12H17N3O5. The molecule has 0 N–H and O–H groups in total. The SMILES string of the molecule is CCCN(CC(=O)OC)c1nc(OC)ccc1[N+](=O)[O-]. The van der Waals surface area contributed by atoms with Gasteiger partial charge >= 0.3 is 11.7 Å². The van der Waals surface area contributed by atoms with Crippen LogP contribution in [0.5, 0.6) is 5.88 Å². The Morgan fingerprint density at radius 3 is 2.65 bits per heavy atom. The highest BCUT2D eigenvalue weighted by atomic mass is 16.6. The molecule has 0 amide bonds. The third kappa shape index (κ3) is 3.81. The van der Waals surface area contributed by atoms with Crippen LogP contribution in [0.3, 0.4) is 0 Å². The molecule has 0 bridgehead atoms. The average Bonchev–Trinajstić information content (AvgIpc) is 2.45. The third-order valence-corrected chi connectivity index (χ3v) is 2.58. The summed E-state index contributed by atoms with van der Waals surface area (Å²) in [5.41, 5.74) is -0.178. The normalized spacial score (nSPS) is 9.95. The van der Waals surface area contributed by atoms with Crippen molar-refractivity contribution in [3.8, 4) is 5.88 Å². The van der Waals surface area contributed by atoms with Crippen LogP contribution in [0.25, 0.3) is 0 Å². The molecule has 0 atom stereocenters. The van der Waals surface area contributed by atoms with Crippen LogP contribution in [0.4, 0.5) is 11.5 Å². The largest absolute Gasteiger partial charge is 0.481 e. The summed E-state index contributed by atoms with van der Waals surface area (Å²) in [6, 6.07) is 2.71. The van der Waals surface area contributed by atoms with Gasteiger partial charge < -0.3 is 14.4 Å². The molecule has 1 heterocycles. The zero-order valence-electron chi connectivity index (χ0n) is 11.7. The summed E-state index contributed by atoms with van der Waals surface area (Å²) in [5, 5.41) is 11.1. The number of nitro groups is 1. The van der Waals surface area contributed by atoms with Crippen LogP contribution in [0, 0.1) is 10.1 Å². The molecule has 0 fully saturated rings. The summed E-state index contributed by atoms with van der Waals surface area (Å²) in [4.78, 5) is 27.5. The lowest BCUT2D eigenvalue weighted by atomic mass is 10.3. The van der Waals surface area contributed by atoms with E-state index in [1.807, 2.05) is 6.92 Å². The molecule has 1 aromatic heterocycles. The summed E-state index contributed by atoms with van der Waals surface area (Å²) in [6.45, 7) is 2.23. The van der Waals surface area contributed by atoms with E-state index in [1.54, 1.807) is 0 Å². The molecule has 0 saturated carbocycles. The van der Waals surface area contributed by atoms with Crippen molar-refractivity contribution >= 4 is 17.5 Å². The number of carbonyl (C=O) groups excluding carboxylic acids is 1. The molecule has 8 nitrogen and oxygen atoms in total. The van der Waals surface area contributed by atoms with Gasteiger partial charge in [0.05, 0.1) is 19.1 Å². The van der Waals surface area contributed by atoms with Gasteiger partial charge in [-0.15, -0.1) is 0 Å². The summed E-state index contributed by atoms with van der Waals surface area (Å²) >= 11 is 0. The van der Waals surface area contributed by atoms with E-state index in [9.17, 15) is 14.9 Å². The quantitative estimate of drug-likeness (QED) is 0.424. The van der Waals surface area contributed by atoms with Gasteiger partial charge in [-0.25, -0.2) is 0 Å². The minimum Gasteiger partial charge on any atom is -0.481 e. The number of carbonyl (C=O) groups is 1. The van der Waals surface area contributed by atoms with Gasteiger partial charge in [0.1, 0.15) is 6.54 Å². The molecule has 0 aliphatic carbocycles. The molecule has 1 rings (SSSR count). The van der Waals surface area contributed by atoms with E-state index in [0.29, 0.717) is 13.0 Å². The molecule has 0 saturated heterocycles. The molecule has 20 heavy (non-hydrogen) atoms. The van der Waals surface area contributed by atoms with E-state index in [-0.39, 0.29) is 23.9 Å². The summed E-state index contributed by atoms with van der Waals surface area (Å²) in [5.74, 6) is -0.143. The molecular weight excluding hydrogens is 266 g/mol. The van der Waals surface area contributed by atoms with Crippen molar-refractivity contribution in [2.24, 2.45) is 0 Å². The van der Waals surface area contributed by atoms with Crippen molar-refractivity contribution in [2.45, 2.75) is 13.3 Å². The maximum Gasteiger partial charge on any atom is 0.325 e. The topological polar surface area (TPSA) is 94.8 Å². The van der Waals surface area contributed by atoms with E-state index in [4.69, 9.17) is 4.74 Å². The number of pyridine rings is 1. The third-order valence-electron chi connectivity index (χ3n) is 2.58. The van der Waals surface area contributed by atoms with Gasteiger partial charge in [-0.05, 0) is 6.42 Å². The van der Waals surface area contributed by atoms with Gasteiger partial charge in [0.2, 0.25) is 11.7 Å². The van der Waals surface area contributed by atoms with Gasteiger partial charge in [0.25, 0.3) is 0 Å². The Bertz CT molecular complexity index is 492. The molecule has 0 aliphatic rings. The lowest BCUT2D eigenvalue weighted by Gasteiger charge is -2.21. The predicted molar refractivity (Wildman–Crippen MR) is 72.0 cm³/mol. The van der Waals surface area contributed by atoms with Crippen LogP contribution < -0.4 is 9.64 Å². The maximum absolute atomic E-state index is 11.4. The zero-order valence-corrected chi connectivity index (χ0v) is 11.7. The summed E-state index contributed by atoms with van der Waals surface area (Å²) in [6.07, 6.45) is 0.701. The van der Waals surface area contributed by atoms with Gasteiger partial charge in [-0.1, -0.05) is 6.92 Å². The van der Waals surface area contributed by atoms with Gasteiger partial charge in [0, 0.05) is 18.7 Å². The lowest BCUT2D eigenvalue weighted by Crippen LogP contribution is -2.32. The molecule has 0 spiro atoms. The van der Waals surface area contributed by atoms with Gasteiger partial charge in [0.15, 0.2) is 0 Å². The molecule has 8 heteroatoms. The molecule has 110 valence electrons.